The van der Waals surface area contributed by atoms with Crippen molar-refractivity contribution < 1.29 is 9.13 Å². The third-order valence-electron chi connectivity index (χ3n) is 3.40. The quantitative estimate of drug-likeness (QED) is 0.696. The van der Waals surface area contributed by atoms with Crippen LogP contribution in [0.15, 0.2) is 30.3 Å². The predicted molar refractivity (Wildman–Crippen MR) is 84.4 cm³/mol. The van der Waals surface area contributed by atoms with Crippen molar-refractivity contribution in [3.05, 3.63) is 64.0 Å². The zero-order valence-corrected chi connectivity index (χ0v) is 13.7. The van der Waals surface area contributed by atoms with E-state index in [9.17, 15) is 4.39 Å². The van der Waals surface area contributed by atoms with Gasteiger partial charge in [-0.15, -0.1) is 0 Å². The molecule has 2 aromatic carbocycles. The lowest BCUT2D eigenvalue weighted by molar-refractivity contribution is 0.408. The number of halogens is 2. The van der Waals surface area contributed by atoms with E-state index in [2.05, 4.69) is 15.9 Å². The summed E-state index contributed by atoms with van der Waals surface area (Å²) < 4.78 is 19.4. The molecule has 106 valence electrons. The molecule has 0 heterocycles. The third-order valence-corrected chi connectivity index (χ3v) is 4.43. The van der Waals surface area contributed by atoms with Crippen LogP contribution >= 0.6 is 15.9 Å². The van der Waals surface area contributed by atoms with Gasteiger partial charge in [0.1, 0.15) is 11.6 Å². The Morgan fingerprint density at radius 2 is 1.65 bits per heavy atom. The Bertz CT molecular complexity index is 614. The van der Waals surface area contributed by atoms with Gasteiger partial charge in [0.05, 0.1) is 11.9 Å². The van der Waals surface area contributed by atoms with Crippen LogP contribution in [0.3, 0.4) is 0 Å². The Labute approximate surface area is 127 Å². The van der Waals surface area contributed by atoms with E-state index in [-0.39, 0.29) is 10.6 Å². The van der Waals surface area contributed by atoms with Gasteiger partial charge < -0.3 is 4.74 Å². The predicted octanol–water partition coefficient (Wildman–Crippen LogP) is 5.24. The van der Waals surface area contributed by atoms with Gasteiger partial charge in [-0.2, -0.15) is 0 Å². The minimum absolute atomic E-state index is 0.161. The van der Waals surface area contributed by atoms with Crippen molar-refractivity contribution >= 4 is 15.9 Å². The van der Waals surface area contributed by atoms with E-state index in [1.807, 2.05) is 39.0 Å². The molecule has 0 aliphatic rings. The van der Waals surface area contributed by atoms with Crippen LogP contribution < -0.4 is 4.74 Å². The molecular formula is C17H18BrFO. The van der Waals surface area contributed by atoms with Crippen LogP contribution in [0, 0.1) is 26.6 Å². The smallest absolute Gasteiger partial charge is 0.127 e. The molecule has 0 saturated carbocycles. The number of alkyl halides is 1. The van der Waals surface area contributed by atoms with Crippen LogP contribution in [0.5, 0.6) is 5.75 Å². The van der Waals surface area contributed by atoms with Crippen LogP contribution in [0.4, 0.5) is 4.39 Å². The molecule has 1 unspecified atom stereocenters. The second-order valence-electron chi connectivity index (χ2n) is 5.08. The largest absolute Gasteiger partial charge is 0.496 e. The topological polar surface area (TPSA) is 9.23 Å². The molecular weight excluding hydrogens is 319 g/mol. The fourth-order valence-corrected chi connectivity index (χ4v) is 3.10. The zero-order chi connectivity index (χ0) is 14.9. The number of methoxy groups -OCH3 is 1. The maximum absolute atomic E-state index is 14.0. The van der Waals surface area contributed by atoms with Gasteiger partial charge in [-0.1, -0.05) is 45.8 Å². The molecule has 0 fully saturated rings. The van der Waals surface area contributed by atoms with E-state index >= 15 is 0 Å². The minimum atomic E-state index is -0.191. The average molecular weight is 337 g/mol. The Morgan fingerprint density at radius 3 is 2.20 bits per heavy atom. The second kappa shape index (κ2) is 5.96. The lowest BCUT2D eigenvalue weighted by Gasteiger charge is -2.16. The van der Waals surface area contributed by atoms with Gasteiger partial charge in [0.25, 0.3) is 0 Å². The van der Waals surface area contributed by atoms with Gasteiger partial charge in [-0.25, -0.2) is 4.39 Å². The van der Waals surface area contributed by atoms with E-state index in [0.29, 0.717) is 5.56 Å². The summed E-state index contributed by atoms with van der Waals surface area (Å²) in [6.45, 7) is 5.97. The SMILES string of the molecule is COc1c(C)cc(C(Br)c2cc(C)ccc2F)cc1C. The highest BCUT2D eigenvalue weighted by atomic mass is 79.9. The van der Waals surface area contributed by atoms with Crippen molar-refractivity contribution in [2.75, 3.05) is 7.11 Å². The maximum Gasteiger partial charge on any atom is 0.127 e. The first kappa shape index (κ1) is 15.0. The summed E-state index contributed by atoms with van der Waals surface area (Å²) in [5.41, 5.74) is 4.85. The summed E-state index contributed by atoms with van der Waals surface area (Å²) in [5, 5.41) is 0. The van der Waals surface area contributed by atoms with Crippen molar-refractivity contribution in [1.29, 1.82) is 0 Å². The van der Waals surface area contributed by atoms with Crippen molar-refractivity contribution in [1.82, 2.24) is 0 Å². The highest BCUT2D eigenvalue weighted by molar-refractivity contribution is 9.09. The molecule has 0 radical (unpaired) electrons. The molecule has 2 aromatic rings. The molecule has 0 aromatic heterocycles. The van der Waals surface area contributed by atoms with E-state index in [0.717, 1.165) is 28.0 Å². The molecule has 1 nitrogen and oxygen atoms in total. The van der Waals surface area contributed by atoms with E-state index in [4.69, 9.17) is 4.74 Å². The summed E-state index contributed by atoms with van der Waals surface area (Å²) in [6.07, 6.45) is 0. The molecule has 3 heteroatoms. The summed E-state index contributed by atoms with van der Waals surface area (Å²) in [4.78, 5) is -0.161. The number of aryl methyl sites for hydroxylation is 3. The molecule has 20 heavy (non-hydrogen) atoms. The van der Waals surface area contributed by atoms with E-state index < -0.39 is 0 Å². The van der Waals surface area contributed by atoms with Crippen molar-refractivity contribution in [3.63, 3.8) is 0 Å². The molecule has 2 rings (SSSR count). The third kappa shape index (κ3) is 2.88. The normalized spacial score (nSPS) is 12.3. The Balaban J connectivity index is 2.48. The average Bonchev–Trinajstić information content (AvgIpc) is 2.40. The van der Waals surface area contributed by atoms with Crippen LogP contribution in [0.2, 0.25) is 0 Å². The first-order chi connectivity index (χ1) is 9.43. The summed E-state index contributed by atoms with van der Waals surface area (Å²) in [6, 6.07) is 9.24. The molecule has 0 N–H and O–H groups in total. The Morgan fingerprint density at radius 1 is 1.05 bits per heavy atom. The van der Waals surface area contributed by atoms with Crippen LogP contribution in [-0.4, -0.2) is 7.11 Å². The highest BCUT2D eigenvalue weighted by Gasteiger charge is 2.17. The second-order valence-corrected chi connectivity index (χ2v) is 5.99. The first-order valence-electron chi connectivity index (χ1n) is 6.49. The molecule has 0 saturated heterocycles. The fourth-order valence-electron chi connectivity index (χ4n) is 2.49. The summed E-state index contributed by atoms with van der Waals surface area (Å²) >= 11 is 3.61. The Hall–Kier alpha value is -1.35. The maximum atomic E-state index is 14.0. The lowest BCUT2D eigenvalue weighted by Crippen LogP contribution is -2.00. The Kier molecular flexibility index (Phi) is 4.48. The van der Waals surface area contributed by atoms with Crippen LogP contribution in [0.1, 0.15) is 32.6 Å². The number of rotatable bonds is 3. The number of ether oxygens (including phenoxy) is 1. The molecule has 0 aliphatic carbocycles. The number of hydrogen-bond acceptors (Lipinski definition) is 1. The van der Waals surface area contributed by atoms with E-state index in [1.165, 1.54) is 6.07 Å². The van der Waals surface area contributed by atoms with Crippen LogP contribution in [0.25, 0.3) is 0 Å². The molecule has 0 amide bonds. The van der Waals surface area contributed by atoms with Gasteiger partial charge in [0.15, 0.2) is 0 Å². The van der Waals surface area contributed by atoms with Crippen molar-refractivity contribution in [2.24, 2.45) is 0 Å². The molecule has 0 spiro atoms. The van der Waals surface area contributed by atoms with Gasteiger partial charge in [0.2, 0.25) is 0 Å². The first-order valence-corrected chi connectivity index (χ1v) is 7.41. The zero-order valence-electron chi connectivity index (χ0n) is 12.1. The standard InChI is InChI=1S/C17H18BrFO/c1-10-5-6-15(19)14(7-10)16(18)13-8-11(2)17(20-4)12(3)9-13/h5-9,16H,1-4H3. The van der Waals surface area contributed by atoms with E-state index in [1.54, 1.807) is 13.2 Å². The van der Waals surface area contributed by atoms with Crippen molar-refractivity contribution in [3.8, 4) is 5.75 Å². The highest BCUT2D eigenvalue weighted by Crippen LogP contribution is 2.36. The summed E-state index contributed by atoms with van der Waals surface area (Å²) in [5.74, 6) is 0.696. The van der Waals surface area contributed by atoms with Gasteiger partial charge >= 0.3 is 0 Å². The van der Waals surface area contributed by atoms with Crippen molar-refractivity contribution in [2.45, 2.75) is 25.6 Å². The summed E-state index contributed by atoms with van der Waals surface area (Å²) in [7, 11) is 1.67. The molecule has 0 aliphatic heterocycles. The monoisotopic (exact) mass is 336 g/mol. The van der Waals surface area contributed by atoms with Gasteiger partial charge in [-0.3, -0.25) is 0 Å². The van der Waals surface area contributed by atoms with Gasteiger partial charge in [-0.05, 0) is 43.5 Å². The number of benzene rings is 2. The number of hydrogen-bond donors (Lipinski definition) is 0. The molecule has 1 atom stereocenters. The molecule has 0 bridgehead atoms. The fraction of sp³-hybridized carbons (Fsp3) is 0.294. The van der Waals surface area contributed by atoms with Gasteiger partial charge in [0, 0.05) is 5.56 Å². The minimum Gasteiger partial charge on any atom is -0.496 e. The van der Waals surface area contributed by atoms with Crippen LogP contribution in [-0.2, 0) is 0 Å². The lowest BCUT2D eigenvalue weighted by atomic mass is 9.98.